The number of hydrogen-bond donors (Lipinski definition) is 1. The van der Waals surface area contributed by atoms with Crippen molar-refractivity contribution in [1.82, 2.24) is 4.90 Å². The second-order valence-electron chi connectivity index (χ2n) is 7.20. The molecule has 2 fully saturated rings. The number of carboxylic acid groups (broad SMARTS) is 1. The molecule has 2 atom stereocenters. The molecule has 0 spiro atoms. The monoisotopic (exact) mass is 349 g/mol. The van der Waals surface area contributed by atoms with E-state index in [1.54, 1.807) is 0 Å². The third-order valence-electron chi connectivity index (χ3n) is 5.53. The summed E-state index contributed by atoms with van der Waals surface area (Å²) in [5, 5.41) is 9.04. The van der Waals surface area contributed by atoms with Crippen LogP contribution in [-0.2, 0) is 9.59 Å². The van der Waals surface area contributed by atoms with Gasteiger partial charge in [-0.15, -0.1) is 0 Å². The van der Waals surface area contributed by atoms with Crippen molar-refractivity contribution >= 4 is 11.9 Å². The molecule has 0 unspecified atom stereocenters. The van der Waals surface area contributed by atoms with E-state index in [0.717, 1.165) is 30.6 Å². The fourth-order valence-electron chi connectivity index (χ4n) is 4.01. The van der Waals surface area contributed by atoms with E-state index >= 15 is 0 Å². The SMILES string of the molecule is CCCCC1CCC(C(=O)N2C[C@@H](C(F)(F)F)[C@H](C(=O)O)C2)CC1. The molecule has 1 saturated carbocycles. The predicted octanol–water partition coefficient (Wildman–Crippen LogP) is 3.70. The van der Waals surface area contributed by atoms with Crippen LogP contribution >= 0.6 is 0 Å². The largest absolute Gasteiger partial charge is 0.481 e. The molecule has 0 bridgehead atoms. The Morgan fingerprint density at radius 2 is 1.75 bits per heavy atom. The lowest BCUT2D eigenvalue weighted by Gasteiger charge is -2.30. The van der Waals surface area contributed by atoms with Crippen LogP contribution in [0.25, 0.3) is 0 Å². The zero-order valence-electron chi connectivity index (χ0n) is 14.0. The van der Waals surface area contributed by atoms with Crippen molar-refractivity contribution in [2.24, 2.45) is 23.7 Å². The van der Waals surface area contributed by atoms with Crippen LogP contribution in [0.2, 0.25) is 0 Å². The summed E-state index contributed by atoms with van der Waals surface area (Å²) in [6, 6.07) is 0. The van der Waals surface area contributed by atoms with Gasteiger partial charge < -0.3 is 10.0 Å². The number of carboxylic acids is 1. The maximum absolute atomic E-state index is 13.0. The van der Waals surface area contributed by atoms with Gasteiger partial charge in [-0.2, -0.15) is 13.2 Å². The summed E-state index contributed by atoms with van der Waals surface area (Å²) in [4.78, 5) is 24.8. The summed E-state index contributed by atoms with van der Waals surface area (Å²) >= 11 is 0. The van der Waals surface area contributed by atoms with E-state index in [9.17, 15) is 22.8 Å². The average molecular weight is 349 g/mol. The maximum Gasteiger partial charge on any atom is 0.394 e. The van der Waals surface area contributed by atoms with Gasteiger partial charge in [0.15, 0.2) is 0 Å². The molecular weight excluding hydrogens is 323 g/mol. The van der Waals surface area contributed by atoms with Gasteiger partial charge in [0.25, 0.3) is 0 Å². The number of alkyl halides is 3. The van der Waals surface area contributed by atoms with Crippen molar-refractivity contribution in [1.29, 1.82) is 0 Å². The van der Waals surface area contributed by atoms with Crippen molar-refractivity contribution in [3.63, 3.8) is 0 Å². The summed E-state index contributed by atoms with van der Waals surface area (Å²) in [6.45, 7) is 1.29. The molecule has 2 rings (SSSR count). The van der Waals surface area contributed by atoms with Crippen molar-refractivity contribution in [2.75, 3.05) is 13.1 Å². The normalized spacial score (nSPS) is 31.2. The number of halogens is 3. The molecule has 1 N–H and O–H groups in total. The van der Waals surface area contributed by atoms with Crippen LogP contribution < -0.4 is 0 Å². The van der Waals surface area contributed by atoms with E-state index in [1.807, 2.05) is 0 Å². The molecule has 24 heavy (non-hydrogen) atoms. The average Bonchev–Trinajstić information content (AvgIpc) is 2.98. The van der Waals surface area contributed by atoms with E-state index in [-0.39, 0.29) is 18.4 Å². The highest BCUT2D eigenvalue weighted by atomic mass is 19.4. The van der Waals surface area contributed by atoms with Gasteiger partial charge in [0, 0.05) is 19.0 Å². The summed E-state index contributed by atoms with van der Waals surface area (Å²) in [6.07, 6.45) is 2.17. The molecule has 1 heterocycles. The van der Waals surface area contributed by atoms with Crippen LogP contribution in [-0.4, -0.2) is 41.1 Å². The van der Waals surface area contributed by atoms with Crippen LogP contribution in [0, 0.1) is 23.7 Å². The van der Waals surface area contributed by atoms with Crippen LogP contribution in [0.4, 0.5) is 13.2 Å². The molecular formula is C17H26F3NO3. The number of unbranched alkanes of at least 4 members (excludes halogenated alkanes) is 1. The third-order valence-corrected chi connectivity index (χ3v) is 5.53. The molecule has 2 aliphatic rings. The third kappa shape index (κ3) is 4.42. The quantitative estimate of drug-likeness (QED) is 0.823. The van der Waals surface area contributed by atoms with Crippen molar-refractivity contribution in [3.05, 3.63) is 0 Å². The van der Waals surface area contributed by atoms with Gasteiger partial charge in [0.1, 0.15) is 0 Å². The zero-order chi connectivity index (χ0) is 17.9. The summed E-state index contributed by atoms with van der Waals surface area (Å²) in [5.41, 5.74) is 0. The standard InChI is InChI=1S/C17H26F3NO3/c1-2-3-4-11-5-7-12(8-6-11)15(22)21-9-13(16(23)24)14(10-21)17(18,19)20/h11-14H,2-10H2,1H3,(H,23,24)/t11?,12?,13-,14-/m1/s1. The topological polar surface area (TPSA) is 57.6 Å². The van der Waals surface area contributed by atoms with E-state index in [4.69, 9.17) is 5.11 Å². The Morgan fingerprint density at radius 1 is 1.12 bits per heavy atom. The first-order valence-electron chi connectivity index (χ1n) is 8.82. The highest BCUT2D eigenvalue weighted by Gasteiger charge is 2.54. The van der Waals surface area contributed by atoms with Crippen LogP contribution in [0.1, 0.15) is 51.9 Å². The number of amides is 1. The molecule has 0 radical (unpaired) electrons. The maximum atomic E-state index is 13.0. The Hall–Kier alpha value is -1.27. The first-order valence-corrected chi connectivity index (χ1v) is 8.82. The van der Waals surface area contributed by atoms with E-state index in [0.29, 0.717) is 18.8 Å². The van der Waals surface area contributed by atoms with Gasteiger partial charge >= 0.3 is 12.1 Å². The highest BCUT2D eigenvalue weighted by molar-refractivity contribution is 5.81. The Balaban J connectivity index is 1.93. The van der Waals surface area contributed by atoms with E-state index in [2.05, 4.69) is 6.92 Å². The summed E-state index contributed by atoms with van der Waals surface area (Å²) in [7, 11) is 0. The Morgan fingerprint density at radius 3 is 2.21 bits per heavy atom. The smallest absolute Gasteiger partial charge is 0.394 e. The second kappa shape index (κ2) is 7.74. The second-order valence-corrected chi connectivity index (χ2v) is 7.20. The van der Waals surface area contributed by atoms with Gasteiger partial charge in [-0.05, 0) is 31.6 Å². The molecule has 1 aliphatic heterocycles. The summed E-state index contributed by atoms with van der Waals surface area (Å²) in [5.74, 6) is -4.90. The minimum Gasteiger partial charge on any atom is -0.481 e. The number of carbonyl (C=O) groups is 2. The lowest BCUT2D eigenvalue weighted by Crippen LogP contribution is -2.37. The number of nitrogens with zero attached hydrogens (tertiary/aromatic N) is 1. The molecule has 7 heteroatoms. The summed E-state index contributed by atoms with van der Waals surface area (Å²) < 4.78 is 39.1. The molecule has 1 aliphatic carbocycles. The Bertz CT molecular complexity index is 458. The number of hydrogen-bond acceptors (Lipinski definition) is 2. The minimum atomic E-state index is -4.59. The molecule has 0 aromatic carbocycles. The van der Waals surface area contributed by atoms with Crippen LogP contribution in [0.5, 0.6) is 0 Å². The van der Waals surface area contributed by atoms with E-state index in [1.165, 1.54) is 6.42 Å². The van der Waals surface area contributed by atoms with Gasteiger partial charge in [0.05, 0.1) is 11.8 Å². The molecule has 4 nitrogen and oxygen atoms in total. The van der Waals surface area contributed by atoms with Crippen molar-refractivity contribution in [3.8, 4) is 0 Å². The predicted molar refractivity (Wildman–Crippen MR) is 82.2 cm³/mol. The molecule has 1 saturated heterocycles. The van der Waals surface area contributed by atoms with Gasteiger partial charge in [-0.25, -0.2) is 0 Å². The molecule has 1 amide bonds. The van der Waals surface area contributed by atoms with Crippen molar-refractivity contribution in [2.45, 2.75) is 58.0 Å². The number of carbonyl (C=O) groups excluding carboxylic acids is 1. The van der Waals surface area contributed by atoms with E-state index < -0.39 is 30.5 Å². The van der Waals surface area contributed by atoms with Gasteiger partial charge in [-0.3, -0.25) is 9.59 Å². The lowest BCUT2D eigenvalue weighted by molar-refractivity contribution is -0.188. The Labute approximate surface area is 140 Å². The fraction of sp³-hybridized carbons (Fsp3) is 0.882. The molecule has 138 valence electrons. The first kappa shape index (κ1) is 19.1. The van der Waals surface area contributed by atoms with Gasteiger partial charge in [-0.1, -0.05) is 26.2 Å². The van der Waals surface area contributed by atoms with Crippen LogP contribution in [0.15, 0.2) is 0 Å². The zero-order valence-corrected chi connectivity index (χ0v) is 14.0. The molecule has 0 aromatic heterocycles. The Kier molecular flexibility index (Phi) is 6.15. The number of likely N-dealkylation sites (tertiary alicyclic amines) is 1. The number of aliphatic carboxylic acids is 1. The van der Waals surface area contributed by atoms with Crippen molar-refractivity contribution < 1.29 is 27.9 Å². The van der Waals surface area contributed by atoms with Gasteiger partial charge in [0.2, 0.25) is 5.91 Å². The molecule has 0 aromatic rings. The number of rotatable bonds is 5. The minimum absolute atomic E-state index is 0.246. The van der Waals surface area contributed by atoms with Crippen LogP contribution in [0.3, 0.4) is 0 Å². The highest BCUT2D eigenvalue weighted by Crippen LogP contribution is 2.40. The lowest BCUT2D eigenvalue weighted by atomic mass is 9.79. The fourth-order valence-corrected chi connectivity index (χ4v) is 4.01. The first-order chi connectivity index (χ1) is 11.2.